The van der Waals surface area contributed by atoms with Gasteiger partial charge in [0.05, 0.1) is 21.4 Å². The molecule has 1 fully saturated rings. The molecule has 2 atom stereocenters. The Balaban J connectivity index is 1.41. The van der Waals surface area contributed by atoms with Crippen LogP contribution in [-0.2, 0) is 16.0 Å². The number of thiazole rings is 1. The van der Waals surface area contributed by atoms with Crippen LogP contribution in [0.15, 0.2) is 35.7 Å². The summed E-state index contributed by atoms with van der Waals surface area (Å²) in [6, 6.07) is 8.99. The number of nitrogens with one attached hydrogen (secondary N) is 1. The topological polar surface area (TPSA) is 85.4 Å². The first kappa shape index (κ1) is 21.7. The number of hydrogen-bond donors (Lipinski definition) is 1. The first-order valence-electron chi connectivity index (χ1n) is 9.65. The predicted molar refractivity (Wildman–Crippen MR) is 124 cm³/mol. The van der Waals surface area contributed by atoms with Crippen LogP contribution in [0.25, 0.3) is 9.88 Å². The zero-order chi connectivity index (χ0) is 22.1. The third-order valence-electron chi connectivity index (χ3n) is 4.94. The normalized spacial score (nSPS) is 16.9. The van der Waals surface area contributed by atoms with E-state index in [4.69, 9.17) is 9.72 Å². The van der Waals surface area contributed by atoms with Gasteiger partial charge in [-0.2, -0.15) is 0 Å². The minimum atomic E-state index is -0.470. The Morgan fingerprint density at radius 2 is 1.94 bits per heavy atom. The fourth-order valence-corrected chi connectivity index (χ4v) is 6.22. The smallest absolute Gasteiger partial charge is 0.338 e. The number of imide groups is 1. The molecule has 1 saturated heterocycles. The maximum Gasteiger partial charge on any atom is 0.338 e. The van der Waals surface area contributed by atoms with Crippen molar-refractivity contribution in [2.24, 2.45) is 0 Å². The SMILES string of the molecule is Cc1ccsc1-c1nc(C(C)OC(=O)c2ccc(CC3SC(=O)NC3=O)cc2)c(C)s1. The van der Waals surface area contributed by atoms with Crippen LogP contribution >= 0.6 is 34.4 Å². The molecule has 3 aromatic rings. The van der Waals surface area contributed by atoms with Crippen LogP contribution in [0.5, 0.6) is 0 Å². The van der Waals surface area contributed by atoms with E-state index in [0.717, 1.165) is 37.8 Å². The van der Waals surface area contributed by atoms with Crippen LogP contribution in [0.1, 0.15) is 45.1 Å². The number of rotatable bonds is 6. The Hall–Kier alpha value is -2.49. The molecule has 1 aromatic carbocycles. The van der Waals surface area contributed by atoms with Gasteiger partial charge in [-0.3, -0.25) is 14.9 Å². The van der Waals surface area contributed by atoms with Gasteiger partial charge in [0.25, 0.3) is 5.24 Å². The summed E-state index contributed by atoms with van der Waals surface area (Å²) < 4.78 is 5.66. The Bertz CT molecular complexity index is 1150. The highest BCUT2D eigenvalue weighted by Gasteiger charge is 2.31. The molecule has 2 unspecified atom stereocenters. The van der Waals surface area contributed by atoms with Gasteiger partial charge in [0.1, 0.15) is 11.1 Å². The molecular formula is C22H20N2O4S3. The molecule has 9 heteroatoms. The lowest BCUT2D eigenvalue weighted by Gasteiger charge is -2.12. The first-order valence-corrected chi connectivity index (χ1v) is 12.2. The van der Waals surface area contributed by atoms with E-state index in [2.05, 4.69) is 18.3 Å². The highest BCUT2D eigenvalue weighted by molar-refractivity contribution is 8.15. The summed E-state index contributed by atoms with van der Waals surface area (Å²) in [5, 5.41) is 4.52. The van der Waals surface area contributed by atoms with Crippen LogP contribution in [0.2, 0.25) is 0 Å². The highest BCUT2D eigenvalue weighted by atomic mass is 32.2. The summed E-state index contributed by atoms with van der Waals surface area (Å²) >= 11 is 4.25. The number of carbonyl (C=O) groups is 3. The van der Waals surface area contributed by atoms with Crippen molar-refractivity contribution in [2.75, 3.05) is 0 Å². The molecule has 0 spiro atoms. The van der Waals surface area contributed by atoms with Gasteiger partial charge in [0.15, 0.2) is 0 Å². The molecule has 3 heterocycles. The van der Waals surface area contributed by atoms with E-state index in [0.29, 0.717) is 12.0 Å². The summed E-state index contributed by atoms with van der Waals surface area (Å²) in [5.74, 6) is -0.702. The second-order valence-electron chi connectivity index (χ2n) is 7.22. The van der Waals surface area contributed by atoms with Crippen molar-refractivity contribution in [1.29, 1.82) is 0 Å². The molecule has 2 aromatic heterocycles. The molecule has 0 radical (unpaired) electrons. The third kappa shape index (κ3) is 4.73. The number of thioether (sulfide) groups is 1. The van der Waals surface area contributed by atoms with E-state index in [1.54, 1.807) is 46.9 Å². The Morgan fingerprint density at radius 1 is 1.19 bits per heavy atom. The van der Waals surface area contributed by atoms with Crippen molar-refractivity contribution in [3.8, 4) is 9.88 Å². The van der Waals surface area contributed by atoms with Crippen LogP contribution < -0.4 is 5.32 Å². The second kappa shape index (κ2) is 8.94. The van der Waals surface area contributed by atoms with Crippen LogP contribution in [-0.4, -0.2) is 27.3 Å². The molecule has 1 aliphatic heterocycles. The van der Waals surface area contributed by atoms with Crippen molar-refractivity contribution >= 4 is 51.6 Å². The van der Waals surface area contributed by atoms with Gasteiger partial charge in [-0.15, -0.1) is 22.7 Å². The lowest BCUT2D eigenvalue weighted by atomic mass is 10.1. The Kier molecular flexibility index (Phi) is 6.27. The van der Waals surface area contributed by atoms with E-state index >= 15 is 0 Å². The summed E-state index contributed by atoms with van der Waals surface area (Å²) in [5.41, 5.74) is 3.26. The summed E-state index contributed by atoms with van der Waals surface area (Å²) in [6.45, 7) is 5.87. The van der Waals surface area contributed by atoms with Crippen molar-refractivity contribution in [2.45, 2.75) is 38.5 Å². The molecule has 1 N–H and O–H groups in total. The number of ether oxygens (including phenoxy) is 1. The van der Waals surface area contributed by atoms with Crippen LogP contribution in [0.3, 0.4) is 0 Å². The molecule has 0 saturated carbocycles. The zero-order valence-electron chi connectivity index (χ0n) is 17.1. The van der Waals surface area contributed by atoms with E-state index in [1.807, 2.05) is 19.2 Å². The second-order valence-corrected chi connectivity index (χ2v) is 10.5. The summed E-state index contributed by atoms with van der Waals surface area (Å²) in [6.07, 6.45) is -0.0428. The zero-order valence-corrected chi connectivity index (χ0v) is 19.6. The fraction of sp³-hybridized carbons (Fsp3) is 0.273. The van der Waals surface area contributed by atoms with Gasteiger partial charge in [0, 0.05) is 4.88 Å². The minimum Gasteiger partial charge on any atom is -0.453 e. The molecule has 31 heavy (non-hydrogen) atoms. The van der Waals surface area contributed by atoms with Gasteiger partial charge in [-0.25, -0.2) is 9.78 Å². The molecule has 6 nitrogen and oxygen atoms in total. The van der Waals surface area contributed by atoms with Gasteiger partial charge in [-0.1, -0.05) is 23.9 Å². The maximum absolute atomic E-state index is 12.6. The molecule has 0 bridgehead atoms. The average molecular weight is 473 g/mol. The monoisotopic (exact) mass is 472 g/mol. The van der Waals surface area contributed by atoms with E-state index < -0.39 is 17.3 Å². The number of aryl methyl sites for hydroxylation is 2. The number of hydrogen-bond acceptors (Lipinski definition) is 8. The number of amides is 2. The van der Waals surface area contributed by atoms with Gasteiger partial charge >= 0.3 is 5.97 Å². The lowest BCUT2D eigenvalue weighted by Crippen LogP contribution is -2.25. The summed E-state index contributed by atoms with van der Waals surface area (Å²) in [7, 11) is 0. The molecule has 160 valence electrons. The van der Waals surface area contributed by atoms with Gasteiger partial charge < -0.3 is 4.74 Å². The Labute approximate surface area is 192 Å². The van der Waals surface area contributed by atoms with Crippen LogP contribution in [0, 0.1) is 13.8 Å². The van der Waals surface area contributed by atoms with Crippen molar-refractivity contribution in [3.63, 3.8) is 0 Å². The van der Waals surface area contributed by atoms with E-state index in [9.17, 15) is 14.4 Å². The molecule has 2 amide bonds. The molecule has 1 aliphatic rings. The Morgan fingerprint density at radius 3 is 2.55 bits per heavy atom. The highest BCUT2D eigenvalue weighted by Crippen LogP contribution is 2.36. The predicted octanol–water partition coefficient (Wildman–Crippen LogP) is 5.30. The minimum absolute atomic E-state index is 0.275. The molecule has 4 rings (SSSR count). The number of esters is 1. The number of carbonyl (C=O) groups excluding carboxylic acids is 3. The van der Waals surface area contributed by atoms with Crippen molar-refractivity contribution < 1.29 is 19.1 Å². The fourth-order valence-electron chi connectivity index (χ4n) is 3.28. The van der Waals surface area contributed by atoms with E-state index in [-0.39, 0.29) is 11.1 Å². The van der Waals surface area contributed by atoms with Gasteiger partial charge in [0.2, 0.25) is 5.91 Å². The largest absolute Gasteiger partial charge is 0.453 e. The standard InChI is InChI=1S/C22H20N2O4S3/c1-11-8-9-29-18(11)20-23-17(13(3)30-20)12(2)28-21(26)15-6-4-14(5-7-15)10-16-19(25)24-22(27)31-16/h4-9,12,16H,10H2,1-3H3,(H,24,25,27). The number of benzene rings is 1. The number of thiophene rings is 1. The summed E-state index contributed by atoms with van der Waals surface area (Å²) in [4.78, 5) is 42.5. The lowest BCUT2D eigenvalue weighted by molar-refractivity contribution is -0.118. The number of aromatic nitrogens is 1. The maximum atomic E-state index is 12.6. The quantitative estimate of drug-likeness (QED) is 0.490. The first-order chi connectivity index (χ1) is 14.8. The average Bonchev–Trinajstić information content (AvgIpc) is 3.41. The third-order valence-corrected chi connectivity index (χ3v) is 8.07. The van der Waals surface area contributed by atoms with Gasteiger partial charge in [-0.05, 0) is 61.9 Å². The van der Waals surface area contributed by atoms with Crippen molar-refractivity contribution in [3.05, 3.63) is 63.0 Å². The molecular weight excluding hydrogens is 452 g/mol. The van der Waals surface area contributed by atoms with Crippen molar-refractivity contribution in [1.82, 2.24) is 10.3 Å². The molecule has 0 aliphatic carbocycles. The number of nitrogens with zero attached hydrogens (tertiary/aromatic N) is 1. The van der Waals surface area contributed by atoms with E-state index in [1.165, 1.54) is 5.56 Å². The van der Waals surface area contributed by atoms with Crippen LogP contribution in [0.4, 0.5) is 4.79 Å².